The summed E-state index contributed by atoms with van der Waals surface area (Å²) in [4.78, 5) is 14.1. The van der Waals surface area contributed by atoms with Crippen LogP contribution in [0.25, 0.3) is 0 Å². The van der Waals surface area contributed by atoms with E-state index in [0.29, 0.717) is 38.4 Å². The number of quaternary nitrogens is 1. The number of nitrogens with zero attached hydrogens (tertiary/aromatic N) is 1. The second-order valence-corrected chi connectivity index (χ2v) is 9.76. The molecule has 0 spiro atoms. The molecule has 2 saturated heterocycles. The predicted octanol–water partition coefficient (Wildman–Crippen LogP) is -0.869. The van der Waals surface area contributed by atoms with Crippen molar-refractivity contribution in [1.29, 1.82) is 0 Å². The van der Waals surface area contributed by atoms with Gasteiger partial charge < -0.3 is 19.7 Å². The van der Waals surface area contributed by atoms with Gasteiger partial charge in [0, 0.05) is 18.7 Å². The van der Waals surface area contributed by atoms with Gasteiger partial charge in [-0.3, -0.25) is 4.79 Å². The topological polar surface area (TPSA) is 89.4 Å². The zero-order chi connectivity index (χ0) is 20.2. The molecule has 156 valence electrons. The molecule has 1 aromatic carbocycles. The summed E-state index contributed by atoms with van der Waals surface area (Å²) in [5.41, 5.74) is 0.354. The van der Waals surface area contributed by atoms with Gasteiger partial charge in [0.2, 0.25) is 10.0 Å². The fourth-order valence-electron chi connectivity index (χ4n) is 3.54. The van der Waals surface area contributed by atoms with Gasteiger partial charge in [-0.25, -0.2) is 8.42 Å². The van der Waals surface area contributed by atoms with E-state index >= 15 is 0 Å². The molecule has 0 saturated carbocycles. The van der Waals surface area contributed by atoms with Crippen LogP contribution in [-0.4, -0.2) is 83.3 Å². The third-order valence-corrected chi connectivity index (χ3v) is 7.38. The Morgan fingerprint density at radius 3 is 2.25 bits per heavy atom. The van der Waals surface area contributed by atoms with Crippen LogP contribution < -0.4 is 10.2 Å². The standard InChI is InChI=1S/C19H29N3O5S/c1-19(2,21-7-11-26-12-8-21)15-20-18(23)16-3-5-17(6-4-16)28(24,25)22-9-13-27-14-10-22/h3-6H,7-15H2,1-2H3,(H,20,23)/p+1. The van der Waals surface area contributed by atoms with Crippen LogP contribution in [0.5, 0.6) is 0 Å². The smallest absolute Gasteiger partial charge is 0.251 e. The molecule has 1 aromatic rings. The molecule has 2 aliphatic rings. The van der Waals surface area contributed by atoms with Crippen LogP contribution in [0.1, 0.15) is 24.2 Å². The number of morpholine rings is 2. The number of hydrogen-bond donors (Lipinski definition) is 2. The highest BCUT2D eigenvalue weighted by molar-refractivity contribution is 7.89. The van der Waals surface area contributed by atoms with Crippen molar-refractivity contribution in [2.75, 3.05) is 59.2 Å². The summed E-state index contributed by atoms with van der Waals surface area (Å²) in [6.45, 7) is 9.65. The molecule has 2 heterocycles. The zero-order valence-corrected chi connectivity index (χ0v) is 17.4. The predicted molar refractivity (Wildman–Crippen MR) is 104 cm³/mol. The number of nitrogens with one attached hydrogen (secondary N) is 2. The largest absolute Gasteiger partial charge is 0.379 e. The van der Waals surface area contributed by atoms with E-state index in [1.807, 2.05) is 0 Å². The molecule has 0 atom stereocenters. The highest BCUT2D eigenvalue weighted by atomic mass is 32.2. The molecule has 2 aliphatic heterocycles. The average molecular weight is 413 g/mol. The zero-order valence-electron chi connectivity index (χ0n) is 16.6. The second-order valence-electron chi connectivity index (χ2n) is 7.82. The first-order valence-corrected chi connectivity index (χ1v) is 11.1. The molecular formula is C19H30N3O5S+. The number of rotatable bonds is 6. The minimum absolute atomic E-state index is 0.0982. The quantitative estimate of drug-likeness (QED) is 0.634. The molecular weight excluding hydrogens is 382 g/mol. The van der Waals surface area contributed by atoms with Crippen molar-refractivity contribution >= 4 is 15.9 Å². The normalized spacial score (nSPS) is 20.1. The molecule has 0 bridgehead atoms. The summed E-state index contributed by atoms with van der Waals surface area (Å²) in [5.74, 6) is -0.198. The van der Waals surface area contributed by atoms with Crippen molar-refractivity contribution in [2.45, 2.75) is 24.3 Å². The van der Waals surface area contributed by atoms with Crippen LogP contribution in [0, 0.1) is 0 Å². The molecule has 2 fully saturated rings. The van der Waals surface area contributed by atoms with Crippen LogP contribution in [0.3, 0.4) is 0 Å². The van der Waals surface area contributed by atoms with Gasteiger partial charge in [0.15, 0.2) is 0 Å². The summed E-state index contributed by atoms with van der Waals surface area (Å²) in [7, 11) is -3.55. The number of sulfonamides is 1. The van der Waals surface area contributed by atoms with E-state index in [4.69, 9.17) is 9.47 Å². The molecule has 0 unspecified atom stereocenters. The van der Waals surface area contributed by atoms with Gasteiger partial charge in [-0.2, -0.15) is 4.31 Å². The monoisotopic (exact) mass is 412 g/mol. The van der Waals surface area contributed by atoms with Gasteiger partial charge in [-0.05, 0) is 38.1 Å². The lowest BCUT2D eigenvalue weighted by atomic mass is 10.0. The molecule has 9 heteroatoms. The maximum absolute atomic E-state index is 12.7. The Bertz CT molecular complexity index is 767. The van der Waals surface area contributed by atoms with E-state index < -0.39 is 10.0 Å². The number of ether oxygens (including phenoxy) is 2. The lowest BCUT2D eigenvalue weighted by Gasteiger charge is -2.37. The van der Waals surface area contributed by atoms with Gasteiger partial charge in [0.1, 0.15) is 18.6 Å². The lowest BCUT2D eigenvalue weighted by molar-refractivity contribution is -0.954. The summed E-state index contributed by atoms with van der Waals surface area (Å²) in [6.07, 6.45) is 0. The molecule has 2 N–H and O–H groups in total. The average Bonchev–Trinajstić information content (AvgIpc) is 2.73. The van der Waals surface area contributed by atoms with E-state index in [2.05, 4.69) is 19.2 Å². The Labute approximate surface area is 166 Å². The molecule has 0 radical (unpaired) electrons. The third-order valence-electron chi connectivity index (χ3n) is 5.47. The van der Waals surface area contributed by atoms with Crippen LogP contribution in [0.4, 0.5) is 0 Å². The van der Waals surface area contributed by atoms with Crippen LogP contribution in [0.15, 0.2) is 29.2 Å². The Morgan fingerprint density at radius 1 is 1.07 bits per heavy atom. The van der Waals surface area contributed by atoms with Crippen molar-refractivity contribution in [2.24, 2.45) is 0 Å². The number of carbonyl (C=O) groups excluding carboxylic acids is 1. The van der Waals surface area contributed by atoms with Crippen molar-refractivity contribution in [3.05, 3.63) is 29.8 Å². The SMILES string of the molecule is CC(C)(CNC(=O)c1ccc(S(=O)(=O)N2CCOCC2)cc1)[NH+]1CCOCC1. The van der Waals surface area contributed by atoms with E-state index in [9.17, 15) is 13.2 Å². The Morgan fingerprint density at radius 2 is 1.64 bits per heavy atom. The minimum atomic E-state index is -3.55. The minimum Gasteiger partial charge on any atom is -0.379 e. The molecule has 8 nitrogen and oxygen atoms in total. The Kier molecular flexibility index (Phi) is 6.72. The lowest BCUT2D eigenvalue weighted by Crippen LogP contribution is -3.22. The molecule has 0 aliphatic carbocycles. The van der Waals surface area contributed by atoms with Crippen LogP contribution in [-0.2, 0) is 19.5 Å². The van der Waals surface area contributed by atoms with E-state index in [1.54, 1.807) is 12.1 Å². The maximum atomic E-state index is 12.7. The second kappa shape index (κ2) is 8.87. The van der Waals surface area contributed by atoms with E-state index in [1.165, 1.54) is 21.3 Å². The van der Waals surface area contributed by atoms with Crippen molar-refractivity contribution in [1.82, 2.24) is 9.62 Å². The molecule has 28 heavy (non-hydrogen) atoms. The highest BCUT2D eigenvalue weighted by Crippen LogP contribution is 2.17. The van der Waals surface area contributed by atoms with Gasteiger partial charge in [0.05, 0.1) is 37.9 Å². The number of carbonyl (C=O) groups is 1. The van der Waals surface area contributed by atoms with Gasteiger partial charge in [0.25, 0.3) is 5.91 Å². The first kappa shape index (κ1) is 21.2. The molecule has 1 amide bonds. The fraction of sp³-hybridized carbons (Fsp3) is 0.632. The number of amides is 1. The van der Waals surface area contributed by atoms with Crippen LogP contribution in [0.2, 0.25) is 0 Å². The summed E-state index contributed by atoms with van der Waals surface area (Å²) < 4.78 is 37.3. The Balaban J connectivity index is 1.60. The number of benzene rings is 1. The fourth-order valence-corrected chi connectivity index (χ4v) is 4.95. The summed E-state index contributed by atoms with van der Waals surface area (Å²) >= 11 is 0. The third kappa shape index (κ3) is 4.90. The summed E-state index contributed by atoms with van der Waals surface area (Å²) in [6, 6.07) is 6.13. The van der Waals surface area contributed by atoms with Gasteiger partial charge in [-0.1, -0.05) is 0 Å². The van der Waals surface area contributed by atoms with Crippen molar-refractivity contribution in [3.8, 4) is 0 Å². The van der Waals surface area contributed by atoms with Crippen molar-refractivity contribution < 1.29 is 27.6 Å². The van der Waals surface area contributed by atoms with E-state index in [-0.39, 0.29) is 16.3 Å². The van der Waals surface area contributed by atoms with Crippen LogP contribution >= 0.6 is 0 Å². The molecule has 3 rings (SSSR count). The van der Waals surface area contributed by atoms with Crippen molar-refractivity contribution in [3.63, 3.8) is 0 Å². The Hall–Kier alpha value is -1.52. The molecule has 0 aromatic heterocycles. The first-order chi connectivity index (χ1) is 13.3. The maximum Gasteiger partial charge on any atom is 0.251 e. The number of hydrogen-bond acceptors (Lipinski definition) is 5. The van der Waals surface area contributed by atoms with E-state index in [0.717, 1.165) is 26.3 Å². The van der Waals surface area contributed by atoms with Gasteiger partial charge >= 0.3 is 0 Å². The highest BCUT2D eigenvalue weighted by Gasteiger charge is 2.32. The summed E-state index contributed by atoms with van der Waals surface area (Å²) in [5, 5.41) is 2.98. The van der Waals surface area contributed by atoms with Gasteiger partial charge in [-0.15, -0.1) is 0 Å². The first-order valence-electron chi connectivity index (χ1n) is 9.70.